The summed E-state index contributed by atoms with van der Waals surface area (Å²) in [4.78, 5) is 43.8. The molecule has 4 amide bonds. The van der Waals surface area contributed by atoms with Crippen LogP contribution in [0.2, 0.25) is 0 Å². The van der Waals surface area contributed by atoms with Crippen molar-refractivity contribution in [3.05, 3.63) is 0 Å². The number of carbonyl (C=O) groups is 3. The first kappa shape index (κ1) is 19.1. The molecule has 0 radical (unpaired) electrons. The van der Waals surface area contributed by atoms with E-state index in [1.165, 1.54) is 4.90 Å². The Morgan fingerprint density at radius 3 is 2.54 bits per heavy atom. The second-order valence-electron chi connectivity index (χ2n) is 8.36. The Morgan fingerprint density at radius 2 is 1.92 bits per heavy atom. The first-order valence-corrected chi connectivity index (χ1v) is 10.0. The first-order chi connectivity index (χ1) is 12.4. The van der Waals surface area contributed by atoms with Gasteiger partial charge in [0.25, 0.3) is 5.91 Å². The lowest BCUT2D eigenvalue weighted by atomic mass is 9.87. The molecule has 0 saturated carbocycles. The number of amides is 4. The largest absolute Gasteiger partial charge is 0.341 e. The van der Waals surface area contributed by atoms with Crippen molar-refractivity contribution in [1.82, 2.24) is 20.0 Å². The van der Waals surface area contributed by atoms with E-state index >= 15 is 0 Å². The SMILES string of the molecule is CCN1CCC2(CC1)NC(=O)N([C@@H]1CCCN(C(=O)CC(C)C)C1)C2=O. The zero-order chi connectivity index (χ0) is 18.9. The summed E-state index contributed by atoms with van der Waals surface area (Å²) in [7, 11) is 0. The average molecular weight is 364 g/mol. The Labute approximate surface area is 156 Å². The monoisotopic (exact) mass is 364 g/mol. The highest BCUT2D eigenvalue weighted by molar-refractivity contribution is 6.07. The van der Waals surface area contributed by atoms with Crippen LogP contribution in [0.4, 0.5) is 4.79 Å². The molecule has 3 heterocycles. The van der Waals surface area contributed by atoms with Crippen molar-refractivity contribution in [2.75, 3.05) is 32.7 Å². The van der Waals surface area contributed by atoms with Crippen molar-refractivity contribution in [3.63, 3.8) is 0 Å². The zero-order valence-electron chi connectivity index (χ0n) is 16.3. The zero-order valence-corrected chi connectivity index (χ0v) is 16.3. The number of nitrogens with zero attached hydrogens (tertiary/aromatic N) is 3. The average Bonchev–Trinajstić information content (AvgIpc) is 2.85. The van der Waals surface area contributed by atoms with Crippen LogP contribution in [0.1, 0.15) is 52.9 Å². The summed E-state index contributed by atoms with van der Waals surface area (Å²) < 4.78 is 0. The highest BCUT2D eigenvalue weighted by Crippen LogP contribution is 2.32. The van der Waals surface area contributed by atoms with E-state index in [2.05, 4.69) is 17.1 Å². The Hall–Kier alpha value is -1.63. The molecule has 0 unspecified atom stereocenters. The molecule has 0 aromatic heterocycles. The Kier molecular flexibility index (Phi) is 5.55. The molecular formula is C19H32N4O3. The molecule has 0 aliphatic carbocycles. The number of hydrogen-bond donors (Lipinski definition) is 1. The second kappa shape index (κ2) is 7.55. The van der Waals surface area contributed by atoms with E-state index in [1.807, 2.05) is 18.7 Å². The number of hydrogen-bond acceptors (Lipinski definition) is 4. The van der Waals surface area contributed by atoms with Gasteiger partial charge in [0.2, 0.25) is 5.91 Å². The topological polar surface area (TPSA) is 73.0 Å². The standard InChI is InChI=1S/C19H32N4O3/c1-4-21-10-7-19(8-11-21)17(25)23(18(26)20-19)15-6-5-9-22(13-15)16(24)12-14(2)3/h14-15H,4-13H2,1-3H3,(H,20,26)/t15-/m1/s1. The molecule has 3 aliphatic heterocycles. The molecule has 3 rings (SSSR count). The van der Waals surface area contributed by atoms with Gasteiger partial charge in [-0.15, -0.1) is 0 Å². The fraction of sp³-hybridized carbons (Fsp3) is 0.842. The van der Waals surface area contributed by atoms with Crippen LogP contribution >= 0.6 is 0 Å². The lowest BCUT2D eigenvalue weighted by molar-refractivity contribution is -0.139. The lowest BCUT2D eigenvalue weighted by Crippen LogP contribution is -2.56. The van der Waals surface area contributed by atoms with Crippen molar-refractivity contribution in [3.8, 4) is 0 Å². The number of nitrogens with one attached hydrogen (secondary N) is 1. The Balaban J connectivity index is 1.68. The van der Waals surface area contributed by atoms with Crippen LogP contribution in [0.15, 0.2) is 0 Å². The maximum absolute atomic E-state index is 13.2. The second-order valence-corrected chi connectivity index (χ2v) is 8.36. The van der Waals surface area contributed by atoms with Crippen LogP contribution in [0.3, 0.4) is 0 Å². The van der Waals surface area contributed by atoms with Crippen LogP contribution in [0, 0.1) is 5.92 Å². The predicted octanol–water partition coefficient (Wildman–Crippen LogP) is 1.43. The van der Waals surface area contributed by atoms with Gasteiger partial charge in [0.1, 0.15) is 5.54 Å². The van der Waals surface area contributed by atoms with E-state index in [0.29, 0.717) is 31.7 Å². The summed E-state index contributed by atoms with van der Waals surface area (Å²) in [6, 6.07) is -0.473. The number of piperidine rings is 2. The first-order valence-electron chi connectivity index (χ1n) is 10.0. The minimum atomic E-state index is -0.729. The number of likely N-dealkylation sites (tertiary alicyclic amines) is 2. The molecule has 1 atom stereocenters. The van der Waals surface area contributed by atoms with E-state index in [0.717, 1.165) is 39.0 Å². The van der Waals surface area contributed by atoms with Crippen LogP contribution < -0.4 is 5.32 Å². The maximum atomic E-state index is 13.2. The van der Waals surface area contributed by atoms with Gasteiger partial charge in [-0.3, -0.25) is 14.5 Å². The van der Waals surface area contributed by atoms with Crippen LogP contribution in [-0.4, -0.2) is 76.8 Å². The number of urea groups is 1. The molecule has 3 fully saturated rings. The summed E-state index contributed by atoms with van der Waals surface area (Å²) in [5.74, 6) is 0.357. The molecule has 3 saturated heterocycles. The smallest absolute Gasteiger partial charge is 0.325 e. The summed E-state index contributed by atoms with van der Waals surface area (Å²) in [6.07, 6.45) is 3.48. The maximum Gasteiger partial charge on any atom is 0.325 e. The van der Waals surface area contributed by atoms with Crippen molar-refractivity contribution < 1.29 is 14.4 Å². The third-order valence-electron chi connectivity index (χ3n) is 6.05. The molecular weight excluding hydrogens is 332 g/mol. The highest BCUT2D eigenvalue weighted by Gasteiger charge is 2.54. The van der Waals surface area contributed by atoms with Crippen molar-refractivity contribution in [2.24, 2.45) is 5.92 Å². The van der Waals surface area contributed by atoms with E-state index < -0.39 is 5.54 Å². The molecule has 146 valence electrons. The van der Waals surface area contributed by atoms with E-state index in [4.69, 9.17) is 0 Å². The third-order valence-corrected chi connectivity index (χ3v) is 6.05. The van der Waals surface area contributed by atoms with Gasteiger partial charge in [-0.1, -0.05) is 20.8 Å². The number of carbonyl (C=O) groups excluding carboxylic acids is 3. The summed E-state index contributed by atoms with van der Waals surface area (Å²) >= 11 is 0. The number of imide groups is 1. The van der Waals surface area contributed by atoms with E-state index in [1.54, 1.807) is 0 Å². The van der Waals surface area contributed by atoms with Gasteiger partial charge >= 0.3 is 6.03 Å². The molecule has 0 aromatic carbocycles. The normalized spacial score (nSPS) is 26.7. The van der Waals surface area contributed by atoms with E-state index in [-0.39, 0.29) is 23.9 Å². The molecule has 0 bridgehead atoms. The van der Waals surface area contributed by atoms with Gasteiger partial charge in [0, 0.05) is 32.6 Å². The summed E-state index contributed by atoms with van der Waals surface area (Å²) in [5, 5.41) is 2.99. The van der Waals surface area contributed by atoms with Crippen LogP contribution in [0.5, 0.6) is 0 Å². The summed E-state index contributed by atoms with van der Waals surface area (Å²) in [5.41, 5.74) is -0.729. The van der Waals surface area contributed by atoms with Gasteiger partial charge in [0.05, 0.1) is 6.04 Å². The van der Waals surface area contributed by atoms with Crippen molar-refractivity contribution >= 4 is 17.8 Å². The molecule has 3 aliphatic rings. The molecule has 7 nitrogen and oxygen atoms in total. The van der Waals surface area contributed by atoms with Gasteiger partial charge in [-0.25, -0.2) is 4.79 Å². The summed E-state index contributed by atoms with van der Waals surface area (Å²) in [6.45, 7) is 10.0. The van der Waals surface area contributed by atoms with Gasteiger partial charge in [0.15, 0.2) is 0 Å². The fourth-order valence-corrected chi connectivity index (χ4v) is 4.43. The molecule has 1 spiro atoms. The van der Waals surface area contributed by atoms with E-state index in [9.17, 15) is 14.4 Å². The predicted molar refractivity (Wildman–Crippen MR) is 98.5 cm³/mol. The van der Waals surface area contributed by atoms with Crippen LogP contribution in [0.25, 0.3) is 0 Å². The molecule has 0 aromatic rings. The molecule has 7 heteroatoms. The Morgan fingerprint density at radius 1 is 1.23 bits per heavy atom. The van der Waals surface area contributed by atoms with Gasteiger partial charge < -0.3 is 15.1 Å². The van der Waals surface area contributed by atoms with Crippen LogP contribution in [-0.2, 0) is 9.59 Å². The van der Waals surface area contributed by atoms with Gasteiger partial charge in [-0.05, 0) is 38.1 Å². The van der Waals surface area contributed by atoms with Crippen molar-refractivity contribution in [2.45, 2.75) is 64.5 Å². The number of rotatable bonds is 4. The van der Waals surface area contributed by atoms with Gasteiger partial charge in [-0.2, -0.15) is 0 Å². The molecule has 1 N–H and O–H groups in total. The van der Waals surface area contributed by atoms with Crippen molar-refractivity contribution in [1.29, 1.82) is 0 Å². The minimum absolute atomic E-state index is 0.0820. The third kappa shape index (κ3) is 3.59. The lowest BCUT2D eigenvalue weighted by Gasteiger charge is -2.39. The Bertz CT molecular complexity index is 569. The fourth-order valence-electron chi connectivity index (χ4n) is 4.43. The quantitative estimate of drug-likeness (QED) is 0.766. The highest BCUT2D eigenvalue weighted by atomic mass is 16.2. The molecule has 26 heavy (non-hydrogen) atoms. The minimum Gasteiger partial charge on any atom is -0.341 e.